The van der Waals surface area contributed by atoms with E-state index in [4.69, 9.17) is 4.84 Å². The fraction of sp³-hybridized carbons (Fsp3) is 0.250. The summed E-state index contributed by atoms with van der Waals surface area (Å²) < 4.78 is 0. The van der Waals surface area contributed by atoms with Crippen molar-refractivity contribution in [2.24, 2.45) is 0 Å². The Kier molecular flexibility index (Phi) is 2.92. The Morgan fingerprint density at radius 1 is 1.31 bits per heavy atom. The molecule has 1 aliphatic rings. The maximum Gasteiger partial charge on any atom is 0.271 e. The SMILES string of the molecule is CN(C)C(=O)C1=CC(c2ccccc2)ON1. The van der Waals surface area contributed by atoms with E-state index in [1.807, 2.05) is 30.3 Å². The van der Waals surface area contributed by atoms with E-state index in [-0.39, 0.29) is 12.0 Å². The standard InChI is InChI=1S/C12H14N2O2/c1-14(2)12(15)10-8-11(16-13-10)9-6-4-3-5-7-9/h3-8,11,13H,1-2H3. The Hall–Kier alpha value is -1.81. The van der Waals surface area contributed by atoms with Gasteiger partial charge < -0.3 is 4.90 Å². The van der Waals surface area contributed by atoms with Crippen LogP contribution in [0.3, 0.4) is 0 Å². The Morgan fingerprint density at radius 2 is 2.00 bits per heavy atom. The molecule has 4 nitrogen and oxygen atoms in total. The van der Waals surface area contributed by atoms with E-state index in [1.165, 1.54) is 4.90 Å². The zero-order valence-corrected chi connectivity index (χ0v) is 9.31. The summed E-state index contributed by atoms with van der Waals surface area (Å²) >= 11 is 0. The number of hydroxylamine groups is 1. The van der Waals surface area contributed by atoms with Crippen LogP contribution in [0.15, 0.2) is 42.1 Å². The van der Waals surface area contributed by atoms with Crippen molar-refractivity contribution in [1.29, 1.82) is 0 Å². The lowest BCUT2D eigenvalue weighted by Gasteiger charge is -2.10. The van der Waals surface area contributed by atoms with E-state index >= 15 is 0 Å². The molecule has 1 amide bonds. The number of amides is 1. The minimum absolute atomic E-state index is 0.0848. The van der Waals surface area contributed by atoms with Crippen LogP contribution in [0.2, 0.25) is 0 Å². The van der Waals surface area contributed by atoms with Crippen LogP contribution in [0.25, 0.3) is 0 Å². The molecule has 1 atom stereocenters. The molecule has 2 rings (SSSR count). The van der Waals surface area contributed by atoms with Gasteiger partial charge >= 0.3 is 0 Å². The number of nitrogens with one attached hydrogen (secondary N) is 1. The van der Waals surface area contributed by atoms with E-state index in [9.17, 15) is 4.79 Å². The number of carbonyl (C=O) groups excluding carboxylic acids is 1. The van der Waals surface area contributed by atoms with Gasteiger partial charge in [-0.15, -0.1) is 0 Å². The molecule has 0 bridgehead atoms. The molecule has 0 aliphatic carbocycles. The first-order chi connectivity index (χ1) is 7.68. The maximum absolute atomic E-state index is 11.6. The van der Waals surface area contributed by atoms with Crippen molar-refractivity contribution in [2.75, 3.05) is 14.1 Å². The molecule has 1 heterocycles. The minimum Gasteiger partial charge on any atom is -0.343 e. The van der Waals surface area contributed by atoms with E-state index in [0.717, 1.165) is 5.56 Å². The molecule has 16 heavy (non-hydrogen) atoms. The van der Waals surface area contributed by atoms with Gasteiger partial charge in [0.05, 0.1) is 0 Å². The summed E-state index contributed by atoms with van der Waals surface area (Å²) in [5.74, 6) is -0.0848. The van der Waals surface area contributed by atoms with Crippen molar-refractivity contribution >= 4 is 5.91 Å². The Balaban J connectivity index is 2.15. The van der Waals surface area contributed by atoms with Crippen LogP contribution in [0, 0.1) is 0 Å². The van der Waals surface area contributed by atoms with Gasteiger partial charge in [0.25, 0.3) is 5.91 Å². The third-order valence-corrected chi connectivity index (χ3v) is 2.38. The van der Waals surface area contributed by atoms with Gasteiger partial charge in [-0.05, 0) is 11.6 Å². The van der Waals surface area contributed by atoms with Gasteiger partial charge in [0, 0.05) is 14.1 Å². The number of likely N-dealkylation sites (N-methyl/N-ethyl adjacent to an activating group) is 1. The average molecular weight is 218 g/mol. The highest BCUT2D eigenvalue weighted by Gasteiger charge is 2.23. The lowest BCUT2D eigenvalue weighted by atomic mass is 10.1. The van der Waals surface area contributed by atoms with Crippen molar-refractivity contribution < 1.29 is 9.63 Å². The summed E-state index contributed by atoms with van der Waals surface area (Å²) in [7, 11) is 3.42. The van der Waals surface area contributed by atoms with E-state index in [2.05, 4.69) is 5.48 Å². The predicted molar refractivity (Wildman–Crippen MR) is 60.2 cm³/mol. The van der Waals surface area contributed by atoms with Gasteiger partial charge in [-0.25, -0.2) is 0 Å². The molecular weight excluding hydrogens is 204 g/mol. The smallest absolute Gasteiger partial charge is 0.271 e. The number of hydrogen-bond donors (Lipinski definition) is 1. The van der Waals surface area contributed by atoms with Crippen LogP contribution in [0.4, 0.5) is 0 Å². The number of nitrogens with zero attached hydrogens (tertiary/aromatic N) is 1. The van der Waals surface area contributed by atoms with Crippen molar-refractivity contribution in [1.82, 2.24) is 10.4 Å². The average Bonchev–Trinajstić information content (AvgIpc) is 2.78. The zero-order chi connectivity index (χ0) is 11.5. The quantitative estimate of drug-likeness (QED) is 0.812. The number of benzene rings is 1. The van der Waals surface area contributed by atoms with Gasteiger partial charge in [-0.3, -0.25) is 15.1 Å². The Labute approximate surface area is 94.5 Å². The highest BCUT2D eigenvalue weighted by molar-refractivity contribution is 5.92. The molecule has 0 fully saturated rings. The van der Waals surface area contributed by atoms with Crippen LogP contribution >= 0.6 is 0 Å². The predicted octanol–water partition coefficient (Wildman–Crippen LogP) is 1.23. The lowest BCUT2D eigenvalue weighted by molar-refractivity contribution is -0.126. The van der Waals surface area contributed by atoms with E-state index < -0.39 is 0 Å². The summed E-state index contributed by atoms with van der Waals surface area (Å²) in [5.41, 5.74) is 4.17. The summed E-state index contributed by atoms with van der Waals surface area (Å²) in [4.78, 5) is 18.5. The molecule has 1 unspecified atom stereocenters. The summed E-state index contributed by atoms with van der Waals surface area (Å²) in [5, 5.41) is 0. The van der Waals surface area contributed by atoms with Gasteiger partial charge in [0.2, 0.25) is 0 Å². The largest absolute Gasteiger partial charge is 0.343 e. The molecule has 4 heteroatoms. The monoisotopic (exact) mass is 218 g/mol. The Morgan fingerprint density at radius 3 is 2.62 bits per heavy atom. The molecule has 1 aliphatic heterocycles. The molecule has 0 radical (unpaired) electrons. The van der Waals surface area contributed by atoms with Crippen LogP contribution in [0.1, 0.15) is 11.7 Å². The number of carbonyl (C=O) groups is 1. The topological polar surface area (TPSA) is 41.6 Å². The fourth-order valence-corrected chi connectivity index (χ4v) is 1.51. The normalized spacial score (nSPS) is 18.9. The van der Waals surface area contributed by atoms with Crippen LogP contribution in [0.5, 0.6) is 0 Å². The molecule has 84 valence electrons. The minimum atomic E-state index is -0.194. The second kappa shape index (κ2) is 4.37. The molecule has 0 aromatic heterocycles. The van der Waals surface area contributed by atoms with Gasteiger partial charge in [-0.2, -0.15) is 0 Å². The first-order valence-corrected chi connectivity index (χ1v) is 5.08. The number of hydrogen-bond acceptors (Lipinski definition) is 3. The van der Waals surface area contributed by atoms with E-state index in [1.54, 1.807) is 20.2 Å². The summed E-state index contributed by atoms with van der Waals surface area (Å²) in [6.45, 7) is 0. The van der Waals surface area contributed by atoms with Gasteiger partial charge in [0.1, 0.15) is 11.8 Å². The summed E-state index contributed by atoms with van der Waals surface area (Å²) in [6, 6.07) is 9.76. The third-order valence-electron chi connectivity index (χ3n) is 2.38. The van der Waals surface area contributed by atoms with Crippen LogP contribution in [-0.4, -0.2) is 24.9 Å². The second-order valence-electron chi connectivity index (χ2n) is 3.83. The lowest BCUT2D eigenvalue weighted by Crippen LogP contribution is -2.28. The van der Waals surface area contributed by atoms with Gasteiger partial charge in [0.15, 0.2) is 0 Å². The molecule has 1 N–H and O–H groups in total. The Bertz CT molecular complexity index is 412. The molecule has 1 aromatic carbocycles. The van der Waals surface area contributed by atoms with Gasteiger partial charge in [-0.1, -0.05) is 30.3 Å². The van der Waals surface area contributed by atoms with Crippen molar-refractivity contribution in [3.8, 4) is 0 Å². The van der Waals surface area contributed by atoms with Crippen molar-refractivity contribution in [3.63, 3.8) is 0 Å². The van der Waals surface area contributed by atoms with Crippen LogP contribution < -0.4 is 5.48 Å². The second-order valence-corrected chi connectivity index (χ2v) is 3.83. The number of rotatable bonds is 2. The zero-order valence-electron chi connectivity index (χ0n) is 9.31. The molecular formula is C12H14N2O2. The maximum atomic E-state index is 11.6. The first kappa shape index (κ1) is 10.7. The molecule has 0 saturated heterocycles. The van der Waals surface area contributed by atoms with E-state index in [0.29, 0.717) is 5.70 Å². The van der Waals surface area contributed by atoms with Crippen molar-refractivity contribution in [3.05, 3.63) is 47.7 Å². The first-order valence-electron chi connectivity index (χ1n) is 5.08. The highest BCUT2D eigenvalue weighted by atomic mass is 16.7. The third kappa shape index (κ3) is 2.06. The molecule has 0 saturated carbocycles. The summed E-state index contributed by atoms with van der Waals surface area (Å²) in [6.07, 6.45) is 1.59. The fourth-order valence-electron chi connectivity index (χ4n) is 1.51. The highest BCUT2D eigenvalue weighted by Crippen LogP contribution is 2.23. The molecule has 0 spiro atoms. The van der Waals surface area contributed by atoms with Crippen molar-refractivity contribution in [2.45, 2.75) is 6.10 Å². The van der Waals surface area contributed by atoms with Crippen LogP contribution in [-0.2, 0) is 9.63 Å². The molecule has 1 aromatic rings.